The normalized spacial score (nSPS) is 18.9. The van der Waals surface area contributed by atoms with Gasteiger partial charge in [0.05, 0.1) is 25.4 Å². The van der Waals surface area contributed by atoms with Crippen LogP contribution in [0.3, 0.4) is 0 Å². The van der Waals surface area contributed by atoms with E-state index in [1.165, 1.54) is 238 Å². The number of carbonyl (C=O) groups excluding carboxylic acids is 1. The van der Waals surface area contributed by atoms with Gasteiger partial charge in [0.2, 0.25) is 5.91 Å². The molecular weight excluding hydrogens is 983 g/mol. The molecule has 0 spiro atoms. The molecule has 0 radical (unpaired) electrons. The lowest BCUT2D eigenvalue weighted by atomic mass is 9.99. The lowest BCUT2D eigenvalue weighted by Crippen LogP contribution is -2.60. The Balaban J connectivity index is 2.10. The SMILES string of the molecule is CC/C=C\C/C=C\C/C=C\C/C=C\CCCCCCCCCCCCCCCCCCCCCCCCC(=O)NC(COC1OC(CO)C(O)C(O)C1O)C(O)/C=C/CCCCCCCCCCCCCCCCCCCCC. The number of hydrogen-bond donors (Lipinski definition) is 6. The molecule has 1 aliphatic heterocycles. The van der Waals surface area contributed by atoms with Crippen molar-refractivity contribution < 1.29 is 39.8 Å². The summed E-state index contributed by atoms with van der Waals surface area (Å²) >= 11 is 0. The van der Waals surface area contributed by atoms with Crippen LogP contribution in [0.1, 0.15) is 322 Å². The summed E-state index contributed by atoms with van der Waals surface area (Å²) < 4.78 is 11.3. The Hall–Kier alpha value is -2.11. The molecule has 1 heterocycles. The van der Waals surface area contributed by atoms with Crippen molar-refractivity contribution in [3.8, 4) is 0 Å². The highest BCUT2D eigenvalue weighted by Gasteiger charge is 2.44. The minimum Gasteiger partial charge on any atom is -0.394 e. The molecule has 9 nitrogen and oxygen atoms in total. The molecule has 0 aromatic carbocycles. The van der Waals surface area contributed by atoms with Gasteiger partial charge in [0.25, 0.3) is 0 Å². The molecular formula is C70H129NO8. The van der Waals surface area contributed by atoms with Gasteiger partial charge >= 0.3 is 0 Å². The Morgan fingerprint density at radius 1 is 0.443 bits per heavy atom. The summed E-state index contributed by atoms with van der Waals surface area (Å²) in [5.74, 6) is -0.171. The number of hydrogen-bond acceptors (Lipinski definition) is 8. The van der Waals surface area contributed by atoms with Gasteiger partial charge < -0.3 is 40.3 Å². The average molecular weight is 1110 g/mol. The van der Waals surface area contributed by atoms with Crippen LogP contribution >= 0.6 is 0 Å². The molecule has 79 heavy (non-hydrogen) atoms. The second-order valence-corrected chi connectivity index (χ2v) is 23.6. The van der Waals surface area contributed by atoms with Crippen molar-refractivity contribution in [3.05, 3.63) is 60.8 Å². The number of rotatable bonds is 59. The molecule has 9 heteroatoms. The number of aliphatic hydroxyl groups is 5. The number of allylic oxidation sites excluding steroid dienone is 9. The molecule has 1 amide bonds. The van der Waals surface area contributed by atoms with E-state index in [2.05, 4.69) is 67.8 Å². The van der Waals surface area contributed by atoms with Gasteiger partial charge in [-0.3, -0.25) is 4.79 Å². The predicted octanol–water partition coefficient (Wildman–Crippen LogP) is 18.2. The minimum atomic E-state index is -1.57. The van der Waals surface area contributed by atoms with Crippen LogP contribution < -0.4 is 5.32 Å². The molecule has 1 aliphatic rings. The van der Waals surface area contributed by atoms with Crippen molar-refractivity contribution in [2.75, 3.05) is 13.2 Å². The minimum absolute atomic E-state index is 0.171. The monoisotopic (exact) mass is 1110 g/mol. The average Bonchev–Trinajstić information content (AvgIpc) is 3.47. The number of ether oxygens (including phenoxy) is 2. The zero-order chi connectivity index (χ0) is 57.2. The van der Waals surface area contributed by atoms with Crippen molar-refractivity contribution in [2.24, 2.45) is 0 Å². The molecule has 7 atom stereocenters. The van der Waals surface area contributed by atoms with Crippen LogP contribution in [0.5, 0.6) is 0 Å². The Kier molecular flexibility index (Phi) is 56.0. The van der Waals surface area contributed by atoms with Gasteiger partial charge in [-0.1, -0.05) is 319 Å². The van der Waals surface area contributed by atoms with E-state index < -0.39 is 49.5 Å². The van der Waals surface area contributed by atoms with E-state index in [1.54, 1.807) is 6.08 Å². The third kappa shape index (κ3) is 48.0. The molecule has 1 saturated heterocycles. The second-order valence-electron chi connectivity index (χ2n) is 23.6. The van der Waals surface area contributed by atoms with Crippen molar-refractivity contribution in [1.82, 2.24) is 5.32 Å². The maximum absolute atomic E-state index is 13.1. The molecule has 0 aliphatic carbocycles. The lowest BCUT2D eigenvalue weighted by Gasteiger charge is -2.40. The maximum atomic E-state index is 13.1. The maximum Gasteiger partial charge on any atom is 0.220 e. The van der Waals surface area contributed by atoms with E-state index in [-0.39, 0.29) is 12.5 Å². The highest BCUT2D eigenvalue weighted by molar-refractivity contribution is 5.76. The van der Waals surface area contributed by atoms with Crippen LogP contribution in [0.15, 0.2) is 60.8 Å². The van der Waals surface area contributed by atoms with Crippen molar-refractivity contribution >= 4 is 5.91 Å². The first-order chi connectivity index (χ1) is 38.8. The molecule has 462 valence electrons. The fraction of sp³-hybridized carbons (Fsp3) is 0.843. The first-order valence-corrected chi connectivity index (χ1v) is 34.0. The lowest BCUT2D eigenvalue weighted by molar-refractivity contribution is -0.302. The van der Waals surface area contributed by atoms with Gasteiger partial charge in [0.15, 0.2) is 6.29 Å². The molecule has 7 unspecified atom stereocenters. The summed E-state index contributed by atoms with van der Waals surface area (Å²) in [7, 11) is 0. The molecule has 0 aromatic heterocycles. The van der Waals surface area contributed by atoms with Crippen LogP contribution in [0.25, 0.3) is 0 Å². The van der Waals surface area contributed by atoms with Gasteiger partial charge in [-0.05, 0) is 57.8 Å². The Morgan fingerprint density at radius 2 is 0.785 bits per heavy atom. The molecule has 6 N–H and O–H groups in total. The standard InChI is InChI=1S/C70H129NO8/c1-3-5-7-9-11-13-15-17-19-21-23-25-26-27-28-29-30-31-32-33-34-35-36-37-38-40-42-44-46-48-50-52-54-56-58-60-66(74)71-63(62-78-70-69(77)68(76)67(75)65(61-72)79-70)64(73)59-57-55-53-51-49-47-45-43-41-39-24-22-20-18-16-14-12-10-8-6-4-2/h5,7,11,13,17,19,23,25,57,59,63-65,67-70,72-73,75-77H,3-4,6,8-10,12,14-16,18,20-22,24,26-56,58,60-62H2,1-2H3,(H,71,74)/b7-5-,13-11-,19-17-,25-23-,59-57+. The number of aliphatic hydroxyl groups excluding tert-OH is 5. The fourth-order valence-electron chi connectivity index (χ4n) is 10.8. The summed E-state index contributed by atoms with van der Waals surface area (Å²) in [6.45, 7) is 3.71. The van der Waals surface area contributed by atoms with E-state index in [4.69, 9.17) is 9.47 Å². The third-order valence-corrected chi connectivity index (χ3v) is 16.1. The highest BCUT2D eigenvalue weighted by Crippen LogP contribution is 2.23. The highest BCUT2D eigenvalue weighted by atomic mass is 16.7. The van der Waals surface area contributed by atoms with E-state index in [0.717, 1.165) is 64.2 Å². The van der Waals surface area contributed by atoms with Crippen LogP contribution in [0.2, 0.25) is 0 Å². The van der Waals surface area contributed by atoms with E-state index in [0.29, 0.717) is 6.42 Å². The number of amides is 1. The first-order valence-electron chi connectivity index (χ1n) is 34.0. The van der Waals surface area contributed by atoms with Gasteiger partial charge in [0, 0.05) is 6.42 Å². The number of carbonyl (C=O) groups is 1. The Bertz CT molecular complexity index is 1430. The van der Waals surface area contributed by atoms with Crippen molar-refractivity contribution in [1.29, 1.82) is 0 Å². The van der Waals surface area contributed by atoms with E-state index in [9.17, 15) is 30.3 Å². The van der Waals surface area contributed by atoms with Crippen LogP contribution in [-0.4, -0.2) is 87.5 Å². The summed E-state index contributed by atoms with van der Waals surface area (Å²) in [6, 6.07) is -0.805. The smallest absolute Gasteiger partial charge is 0.220 e. The van der Waals surface area contributed by atoms with Crippen LogP contribution in [0.4, 0.5) is 0 Å². The number of unbranched alkanes of at least 4 members (excludes halogenated alkanes) is 41. The van der Waals surface area contributed by atoms with Crippen molar-refractivity contribution in [3.63, 3.8) is 0 Å². The Labute approximate surface area is 487 Å². The van der Waals surface area contributed by atoms with Gasteiger partial charge in [0.1, 0.15) is 24.4 Å². The molecule has 0 bridgehead atoms. The van der Waals surface area contributed by atoms with Crippen molar-refractivity contribution in [2.45, 2.75) is 365 Å². The van der Waals surface area contributed by atoms with Crippen LogP contribution in [0, 0.1) is 0 Å². The topological polar surface area (TPSA) is 149 Å². The summed E-state index contributed by atoms with van der Waals surface area (Å²) in [5.41, 5.74) is 0. The molecule has 1 rings (SSSR count). The van der Waals surface area contributed by atoms with Crippen LogP contribution in [-0.2, 0) is 14.3 Å². The van der Waals surface area contributed by atoms with Gasteiger partial charge in [-0.25, -0.2) is 0 Å². The predicted molar refractivity (Wildman–Crippen MR) is 336 cm³/mol. The quantitative estimate of drug-likeness (QED) is 0.0261. The first kappa shape index (κ1) is 74.9. The zero-order valence-corrected chi connectivity index (χ0v) is 51.6. The van der Waals surface area contributed by atoms with E-state index >= 15 is 0 Å². The van der Waals surface area contributed by atoms with Gasteiger partial charge in [-0.2, -0.15) is 0 Å². The third-order valence-electron chi connectivity index (χ3n) is 16.1. The zero-order valence-electron chi connectivity index (χ0n) is 51.6. The summed E-state index contributed by atoms with van der Waals surface area (Å²) in [4.78, 5) is 13.1. The summed E-state index contributed by atoms with van der Waals surface area (Å²) in [6.07, 6.45) is 74.6. The summed E-state index contributed by atoms with van der Waals surface area (Å²) in [5, 5.41) is 54.7. The van der Waals surface area contributed by atoms with E-state index in [1.807, 2.05) is 6.08 Å². The number of nitrogens with one attached hydrogen (secondary N) is 1. The Morgan fingerprint density at radius 3 is 1.16 bits per heavy atom. The van der Waals surface area contributed by atoms with Gasteiger partial charge in [-0.15, -0.1) is 0 Å². The largest absolute Gasteiger partial charge is 0.394 e. The molecule has 0 aromatic rings. The molecule has 1 fully saturated rings. The second kappa shape index (κ2) is 59.1. The fourth-order valence-corrected chi connectivity index (χ4v) is 10.8. The molecule has 0 saturated carbocycles.